The fourth-order valence-electron chi connectivity index (χ4n) is 2.73. The number of hydrogen-bond donors (Lipinski definition) is 0. The lowest BCUT2D eigenvalue weighted by Crippen LogP contribution is -2.11. The molecule has 126 valence electrons. The van der Waals surface area contributed by atoms with E-state index in [-0.39, 0.29) is 11.0 Å². The van der Waals surface area contributed by atoms with E-state index < -0.39 is 5.24 Å². The lowest BCUT2D eigenvalue weighted by atomic mass is 10.0. The predicted molar refractivity (Wildman–Crippen MR) is 102 cm³/mol. The third kappa shape index (κ3) is 3.72. The third-order valence-corrected chi connectivity index (χ3v) is 4.19. The molecule has 0 bridgehead atoms. The van der Waals surface area contributed by atoms with Crippen molar-refractivity contribution >= 4 is 40.0 Å². The van der Waals surface area contributed by atoms with Crippen LogP contribution in [0.1, 0.15) is 40.6 Å². The molecule has 0 aliphatic heterocycles. The Morgan fingerprint density at radius 1 is 1.12 bits per heavy atom. The number of carbonyl (C=O) groups excluding carboxylic acids is 1. The summed E-state index contributed by atoms with van der Waals surface area (Å²) in [6, 6.07) is 14.5. The molecule has 0 spiro atoms. The molecule has 0 N–H and O–H groups in total. The molecule has 0 unspecified atom stereocenters. The van der Waals surface area contributed by atoms with Gasteiger partial charge in [-0.3, -0.25) is 9.59 Å². The molecular weight excluding hydrogens is 336 g/mol. The molecule has 3 aromatic rings. The van der Waals surface area contributed by atoms with E-state index >= 15 is 0 Å². The minimum Gasteiger partial charge on any atom is -0.456 e. The van der Waals surface area contributed by atoms with E-state index in [1.807, 2.05) is 49.4 Å². The molecule has 0 amide bonds. The summed E-state index contributed by atoms with van der Waals surface area (Å²) in [7, 11) is 0. The molecule has 1 aromatic heterocycles. The maximum atomic E-state index is 12.9. The lowest BCUT2D eigenvalue weighted by molar-refractivity contribution is 0.108. The first-order valence-corrected chi connectivity index (χ1v) is 8.50. The topological polar surface area (TPSA) is 47.3 Å². The van der Waals surface area contributed by atoms with Crippen molar-refractivity contribution in [2.24, 2.45) is 0 Å². The Hall–Kier alpha value is -2.65. The monoisotopic (exact) mass is 352 g/mol. The van der Waals surface area contributed by atoms with Crippen molar-refractivity contribution in [1.29, 1.82) is 0 Å². The number of hydrogen-bond acceptors (Lipinski definition) is 3. The van der Waals surface area contributed by atoms with Crippen LogP contribution in [-0.2, 0) is 6.42 Å². The van der Waals surface area contributed by atoms with Gasteiger partial charge in [0, 0.05) is 11.1 Å². The van der Waals surface area contributed by atoms with Gasteiger partial charge >= 0.3 is 0 Å². The minimum atomic E-state index is -0.591. The van der Waals surface area contributed by atoms with Crippen LogP contribution in [0.25, 0.3) is 23.1 Å². The Kier molecular flexibility index (Phi) is 5.15. The molecule has 1 heterocycles. The molecule has 25 heavy (non-hydrogen) atoms. The van der Waals surface area contributed by atoms with E-state index in [1.54, 1.807) is 12.1 Å². The molecule has 0 saturated heterocycles. The summed E-state index contributed by atoms with van der Waals surface area (Å²) in [6.07, 6.45) is 5.16. The van der Waals surface area contributed by atoms with E-state index in [2.05, 4.69) is 0 Å². The number of rotatable bonds is 5. The summed E-state index contributed by atoms with van der Waals surface area (Å²) >= 11 is 5.52. The second-order valence-corrected chi connectivity index (χ2v) is 6.10. The molecule has 3 rings (SSSR count). The highest BCUT2D eigenvalue weighted by molar-refractivity contribution is 6.67. The fraction of sp³-hybridized carbons (Fsp3) is 0.143. The van der Waals surface area contributed by atoms with Crippen LogP contribution < -0.4 is 5.43 Å². The first kappa shape index (κ1) is 17.2. The van der Waals surface area contributed by atoms with Crippen molar-refractivity contribution in [1.82, 2.24) is 0 Å². The highest BCUT2D eigenvalue weighted by atomic mass is 35.5. The predicted octanol–water partition coefficient (Wildman–Crippen LogP) is 5.29. The van der Waals surface area contributed by atoms with Crippen molar-refractivity contribution in [2.45, 2.75) is 19.8 Å². The zero-order valence-corrected chi connectivity index (χ0v) is 14.5. The van der Waals surface area contributed by atoms with Gasteiger partial charge in [0.05, 0.1) is 5.39 Å². The van der Waals surface area contributed by atoms with Gasteiger partial charge in [0.2, 0.25) is 0 Å². The molecule has 0 atom stereocenters. The SMILES string of the molecule is CCCc1c(C=Cc2ccccc2)oc2ccc(C(=O)Cl)cc2c1=O. The second kappa shape index (κ2) is 7.49. The highest BCUT2D eigenvalue weighted by Crippen LogP contribution is 2.21. The van der Waals surface area contributed by atoms with Crippen LogP contribution in [0, 0.1) is 0 Å². The van der Waals surface area contributed by atoms with Crippen LogP contribution in [0.4, 0.5) is 0 Å². The second-order valence-electron chi connectivity index (χ2n) is 5.75. The smallest absolute Gasteiger partial charge is 0.252 e. The summed E-state index contributed by atoms with van der Waals surface area (Å²) in [5.41, 5.74) is 2.25. The standard InChI is InChI=1S/C21H17ClO3/c1-2-6-16-18(11-9-14-7-4-3-5-8-14)25-19-12-10-15(21(22)24)13-17(19)20(16)23/h3-5,7-13H,2,6H2,1H3. The summed E-state index contributed by atoms with van der Waals surface area (Å²) in [4.78, 5) is 24.2. The van der Waals surface area contributed by atoms with Crippen LogP contribution in [0.5, 0.6) is 0 Å². The highest BCUT2D eigenvalue weighted by Gasteiger charge is 2.14. The first-order valence-electron chi connectivity index (χ1n) is 8.13. The molecule has 0 fully saturated rings. The Labute approximate surface area is 150 Å². The molecule has 0 aliphatic carbocycles. The molecule has 4 heteroatoms. The van der Waals surface area contributed by atoms with E-state index in [4.69, 9.17) is 16.0 Å². The van der Waals surface area contributed by atoms with Gasteiger partial charge in [-0.25, -0.2) is 0 Å². The zero-order chi connectivity index (χ0) is 17.8. The van der Waals surface area contributed by atoms with E-state index in [0.29, 0.717) is 28.7 Å². The van der Waals surface area contributed by atoms with Gasteiger partial charge in [0.25, 0.3) is 5.24 Å². The molecule has 0 aliphatic rings. The normalized spacial score (nSPS) is 11.3. The molecular formula is C21H17ClO3. The quantitative estimate of drug-likeness (QED) is 0.586. The molecule has 0 saturated carbocycles. The van der Waals surface area contributed by atoms with Gasteiger partial charge in [0.15, 0.2) is 5.43 Å². The summed E-state index contributed by atoms with van der Waals surface area (Å²) in [5.74, 6) is 0.549. The summed E-state index contributed by atoms with van der Waals surface area (Å²) < 4.78 is 5.94. The third-order valence-electron chi connectivity index (χ3n) is 3.97. The maximum Gasteiger partial charge on any atom is 0.252 e. The largest absolute Gasteiger partial charge is 0.456 e. The van der Waals surface area contributed by atoms with Crippen molar-refractivity contribution in [3.63, 3.8) is 0 Å². The number of benzene rings is 2. The molecule has 0 radical (unpaired) electrons. The summed E-state index contributed by atoms with van der Waals surface area (Å²) in [5, 5.41) is -0.210. The Balaban J connectivity index is 2.16. The Morgan fingerprint density at radius 2 is 1.88 bits per heavy atom. The van der Waals surface area contributed by atoms with Crippen LogP contribution in [0.2, 0.25) is 0 Å². The fourth-order valence-corrected chi connectivity index (χ4v) is 2.85. The van der Waals surface area contributed by atoms with Gasteiger partial charge in [-0.2, -0.15) is 0 Å². The van der Waals surface area contributed by atoms with Crippen molar-refractivity contribution in [3.05, 3.63) is 81.2 Å². The van der Waals surface area contributed by atoms with Gasteiger partial charge in [-0.05, 0) is 47.9 Å². The number of carbonyl (C=O) groups is 1. The summed E-state index contributed by atoms with van der Waals surface area (Å²) in [6.45, 7) is 2.01. The maximum absolute atomic E-state index is 12.9. The number of halogens is 1. The van der Waals surface area contributed by atoms with Crippen molar-refractivity contribution in [3.8, 4) is 0 Å². The van der Waals surface area contributed by atoms with Gasteiger partial charge in [-0.15, -0.1) is 0 Å². The van der Waals surface area contributed by atoms with Crippen LogP contribution >= 0.6 is 11.6 Å². The zero-order valence-electron chi connectivity index (χ0n) is 13.8. The van der Waals surface area contributed by atoms with E-state index in [1.165, 1.54) is 6.07 Å². The van der Waals surface area contributed by atoms with Crippen molar-refractivity contribution in [2.75, 3.05) is 0 Å². The Morgan fingerprint density at radius 3 is 2.56 bits per heavy atom. The van der Waals surface area contributed by atoms with Crippen LogP contribution in [-0.4, -0.2) is 5.24 Å². The number of fused-ring (bicyclic) bond motifs is 1. The van der Waals surface area contributed by atoms with Gasteiger partial charge in [0.1, 0.15) is 11.3 Å². The van der Waals surface area contributed by atoms with Crippen molar-refractivity contribution < 1.29 is 9.21 Å². The average molecular weight is 353 g/mol. The van der Waals surface area contributed by atoms with Crippen LogP contribution in [0.3, 0.4) is 0 Å². The lowest BCUT2D eigenvalue weighted by Gasteiger charge is -2.07. The van der Waals surface area contributed by atoms with Crippen LogP contribution in [0.15, 0.2) is 57.7 Å². The van der Waals surface area contributed by atoms with E-state index in [0.717, 1.165) is 12.0 Å². The van der Waals surface area contributed by atoms with Gasteiger partial charge in [-0.1, -0.05) is 49.8 Å². The molecule has 3 nitrogen and oxygen atoms in total. The van der Waals surface area contributed by atoms with Gasteiger partial charge < -0.3 is 4.42 Å². The Bertz CT molecular complexity index is 1000. The van der Waals surface area contributed by atoms with E-state index in [9.17, 15) is 9.59 Å². The molecule has 2 aromatic carbocycles. The average Bonchev–Trinajstić information content (AvgIpc) is 2.63. The minimum absolute atomic E-state index is 0.115. The first-order chi connectivity index (χ1) is 12.1.